The van der Waals surface area contributed by atoms with Crippen molar-refractivity contribution in [1.29, 1.82) is 0 Å². The van der Waals surface area contributed by atoms with E-state index in [1.807, 2.05) is 30.3 Å². The second kappa shape index (κ2) is 5.75. The van der Waals surface area contributed by atoms with E-state index in [1.165, 1.54) is 11.3 Å². The Morgan fingerprint density at radius 3 is 2.95 bits per heavy atom. The zero-order valence-electron chi connectivity index (χ0n) is 10.4. The van der Waals surface area contributed by atoms with E-state index in [2.05, 4.69) is 13.2 Å². The predicted molar refractivity (Wildman–Crippen MR) is 79.4 cm³/mol. The summed E-state index contributed by atoms with van der Waals surface area (Å²) in [5.41, 5.74) is 2.88. The molecule has 2 heterocycles. The maximum atomic E-state index is 10.7. The first-order valence-corrected chi connectivity index (χ1v) is 8.32. The molecule has 0 saturated heterocycles. The maximum absolute atomic E-state index is 10.7. The number of carbonyl (C=O) groups is 1. The fourth-order valence-electron chi connectivity index (χ4n) is 1.89. The van der Waals surface area contributed by atoms with Crippen molar-refractivity contribution in [3.63, 3.8) is 0 Å². The van der Waals surface area contributed by atoms with Crippen molar-refractivity contribution in [2.45, 2.75) is 13.0 Å². The molecular formula is C13H11N3O2SSe. The molecule has 0 aliphatic carbocycles. The molecule has 0 radical (unpaired) electrons. The van der Waals surface area contributed by atoms with Gasteiger partial charge in [0.1, 0.15) is 0 Å². The van der Waals surface area contributed by atoms with Crippen LogP contribution in [-0.4, -0.2) is 25.6 Å². The van der Waals surface area contributed by atoms with E-state index in [9.17, 15) is 4.79 Å². The number of thiophene rings is 1. The summed E-state index contributed by atoms with van der Waals surface area (Å²) in [7, 11) is 0. The fourth-order valence-corrected chi connectivity index (χ4v) is 3.99. The van der Waals surface area contributed by atoms with Gasteiger partial charge in [-0.2, -0.15) is 0 Å². The van der Waals surface area contributed by atoms with Gasteiger partial charge in [-0.3, -0.25) is 0 Å². The quantitative estimate of drug-likeness (QED) is 0.692. The molecule has 2 N–H and O–H groups in total. The molecule has 0 unspecified atom stereocenters. The van der Waals surface area contributed by atoms with Crippen LogP contribution in [0.4, 0.5) is 17.1 Å². The molecule has 0 amide bonds. The molecule has 0 spiro atoms. The van der Waals surface area contributed by atoms with Crippen molar-refractivity contribution < 1.29 is 9.90 Å². The van der Waals surface area contributed by atoms with E-state index in [4.69, 9.17) is 5.11 Å². The molecule has 2 aromatic rings. The van der Waals surface area contributed by atoms with Crippen molar-refractivity contribution in [2.24, 2.45) is 7.92 Å². The summed E-state index contributed by atoms with van der Waals surface area (Å²) in [6.07, 6.45) is 0.0855. The molecule has 7 heteroatoms. The molecule has 102 valence electrons. The summed E-state index contributed by atoms with van der Waals surface area (Å²) in [6.45, 7) is 0.670. The molecule has 1 aliphatic heterocycles. The van der Waals surface area contributed by atoms with E-state index >= 15 is 0 Å². The number of carboxylic acids is 1. The first kappa shape index (κ1) is 13.3. The van der Waals surface area contributed by atoms with Crippen molar-refractivity contribution in [3.05, 3.63) is 40.1 Å². The number of carboxylic acid groups (broad SMARTS) is 1. The summed E-state index contributed by atoms with van der Waals surface area (Å²) in [6, 6.07) is 9.75. The van der Waals surface area contributed by atoms with Gasteiger partial charge in [-0.25, -0.2) is 0 Å². The first-order chi connectivity index (χ1) is 9.72. The monoisotopic (exact) mass is 353 g/mol. The third-order valence-electron chi connectivity index (χ3n) is 2.78. The van der Waals surface area contributed by atoms with Gasteiger partial charge in [0.15, 0.2) is 0 Å². The van der Waals surface area contributed by atoms with Crippen molar-refractivity contribution in [3.8, 4) is 0 Å². The summed E-state index contributed by atoms with van der Waals surface area (Å²) in [5.74, 6) is -0.796. The number of rotatable bonds is 5. The van der Waals surface area contributed by atoms with Crippen LogP contribution in [0.1, 0.15) is 9.75 Å². The Labute approximate surface area is 125 Å². The Morgan fingerprint density at radius 1 is 1.25 bits per heavy atom. The van der Waals surface area contributed by atoms with E-state index in [1.54, 1.807) is 0 Å². The van der Waals surface area contributed by atoms with Gasteiger partial charge in [0, 0.05) is 0 Å². The molecule has 5 nitrogen and oxygen atoms in total. The van der Waals surface area contributed by atoms with Gasteiger partial charge in [0.25, 0.3) is 0 Å². The van der Waals surface area contributed by atoms with E-state index in [0.29, 0.717) is 6.54 Å². The van der Waals surface area contributed by atoms with Crippen LogP contribution >= 0.6 is 11.3 Å². The number of benzene rings is 1. The average molecular weight is 352 g/mol. The standard InChI is InChI=1S/C13H11N3O2SSe/c17-12(18)6-8-4-5-9(19-8)7-14-10-2-1-3-11-13(10)16-20-15-11/h1-5,14H,6-7H2,(H,17,18). The topological polar surface area (TPSA) is 74.0 Å². The minimum absolute atomic E-state index is 0.0301. The van der Waals surface area contributed by atoms with Crippen LogP contribution in [-0.2, 0) is 17.8 Å². The van der Waals surface area contributed by atoms with Gasteiger partial charge in [0.2, 0.25) is 0 Å². The van der Waals surface area contributed by atoms with E-state index in [-0.39, 0.29) is 21.0 Å². The number of fused-ring (bicyclic) bond motifs is 1. The number of nitrogens with zero attached hydrogens (tertiary/aromatic N) is 2. The number of hydrogen-bond donors (Lipinski definition) is 2. The molecule has 0 bridgehead atoms. The molecule has 0 atom stereocenters. The van der Waals surface area contributed by atoms with Crippen LogP contribution in [0.5, 0.6) is 0 Å². The first-order valence-electron chi connectivity index (χ1n) is 5.97. The number of nitrogens with one attached hydrogen (secondary N) is 1. The van der Waals surface area contributed by atoms with Gasteiger partial charge in [0.05, 0.1) is 0 Å². The van der Waals surface area contributed by atoms with Crippen molar-refractivity contribution in [2.75, 3.05) is 5.32 Å². The van der Waals surface area contributed by atoms with Gasteiger partial charge >= 0.3 is 125 Å². The zero-order chi connectivity index (χ0) is 13.9. The van der Waals surface area contributed by atoms with Gasteiger partial charge in [-0.15, -0.1) is 0 Å². The van der Waals surface area contributed by atoms with Gasteiger partial charge in [-0.05, 0) is 0 Å². The normalized spacial score (nSPS) is 12.0. The SMILES string of the molecule is O=C(O)Cc1ccc(CNc2cccc3c2N=[Se]=N3)s1. The minimum atomic E-state index is -0.796. The van der Waals surface area contributed by atoms with Crippen LogP contribution in [0.3, 0.4) is 0 Å². The van der Waals surface area contributed by atoms with E-state index < -0.39 is 5.97 Å². The fraction of sp³-hybridized carbons (Fsp3) is 0.154. The summed E-state index contributed by atoms with van der Waals surface area (Å²) in [4.78, 5) is 12.6. The second-order valence-corrected chi connectivity index (χ2v) is 6.59. The Balaban J connectivity index is 1.68. The number of aliphatic carboxylic acids is 1. The van der Waals surface area contributed by atoms with Crippen LogP contribution in [0.15, 0.2) is 38.3 Å². The van der Waals surface area contributed by atoms with E-state index in [0.717, 1.165) is 26.8 Å². The van der Waals surface area contributed by atoms with Gasteiger partial charge in [-0.1, -0.05) is 0 Å². The van der Waals surface area contributed by atoms with Gasteiger partial charge < -0.3 is 0 Å². The van der Waals surface area contributed by atoms with Crippen LogP contribution < -0.4 is 5.32 Å². The van der Waals surface area contributed by atoms with Crippen LogP contribution in [0.2, 0.25) is 0 Å². The number of hydrogen-bond acceptors (Lipinski definition) is 5. The third-order valence-corrected chi connectivity index (χ3v) is 5.01. The molecular weight excluding hydrogens is 341 g/mol. The van der Waals surface area contributed by atoms with Crippen LogP contribution in [0, 0.1) is 0 Å². The molecule has 1 aliphatic rings. The predicted octanol–water partition coefficient (Wildman–Crippen LogP) is 3.34. The summed E-state index contributed by atoms with van der Waals surface area (Å²) >= 11 is 1.49. The molecule has 1 aromatic heterocycles. The third kappa shape index (κ3) is 2.90. The second-order valence-electron chi connectivity index (χ2n) is 4.23. The summed E-state index contributed by atoms with van der Waals surface area (Å²) < 4.78 is 8.76. The number of anilines is 1. The molecule has 0 saturated carbocycles. The molecule has 0 fully saturated rings. The molecule has 20 heavy (non-hydrogen) atoms. The average Bonchev–Trinajstić information content (AvgIpc) is 3.04. The van der Waals surface area contributed by atoms with Crippen molar-refractivity contribution >= 4 is 48.9 Å². The molecule has 3 rings (SSSR count). The van der Waals surface area contributed by atoms with Crippen LogP contribution in [0.25, 0.3) is 0 Å². The summed E-state index contributed by atoms with van der Waals surface area (Å²) in [5, 5.41) is 12.1. The Hall–Kier alpha value is -1.69. The Morgan fingerprint density at radius 2 is 2.10 bits per heavy atom. The zero-order valence-corrected chi connectivity index (χ0v) is 12.9. The van der Waals surface area contributed by atoms with Crippen molar-refractivity contribution in [1.82, 2.24) is 0 Å². The molecule has 1 aromatic carbocycles. The Bertz CT molecular complexity index is 735. The Kier molecular flexibility index (Phi) is 3.82.